The van der Waals surface area contributed by atoms with Crippen molar-refractivity contribution in [3.05, 3.63) is 24.3 Å². The van der Waals surface area contributed by atoms with Crippen molar-refractivity contribution in [1.29, 1.82) is 5.26 Å². The maximum atomic E-state index is 13.1. The second-order valence-electron chi connectivity index (χ2n) is 2.93. The maximum absolute atomic E-state index is 13.1. The summed E-state index contributed by atoms with van der Waals surface area (Å²) >= 11 is 0. The lowest BCUT2D eigenvalue weighted by atomic mass is 10.1. The molecule has 78 valence electrons. The first-order valence-corrected chi connectivity index (χ1v) is 4.49. The molecule has 5 heteroatoms. The van der Waals surface area contributed by atoms with E-state index in [9.17, 15) is 9.18 Å². The van der Waals surface area contributed by atoms with Gasteiger partial charge in [-0.2, -0.15) is 5.26 Å². The van der Waals surface area contributed by atoms with Gasteiger partial charge in [0.15, 0.2) is 5.82 Å². The van der Waals surface area contributed by atoms with Gasteiger partial charge in [-0.15, -0.1) is 0 Å². The topological polar surface area (TPSA) is 65.8 Å². The molecule has 1 heterocycles. The van der Waals surface area contributed by atoms with Crippen molar-refractivity contribution >= 4 is 11.6 Å². The zero-order chi connectivity index (χ0) is 11.3. The quantitative estimate of drug-likeness (QED) is 0.820. The molecule has 1 amide bonds. The molecule has 1 N–H and O–H groups in total. The highest BCUT2D eigenvalue weighted by Gasteiger charge is 2.16. The Morgan fingerprint density at radius 3 is 3.07 bits per heavy atom. The molecule has 1 atom stereocenters. The minimum Gasteiger partial charge on any atom is -0.322 e. The van der Waals surface area contributed by atoms with Crippen LogP contribution in [0.1, 0.15) is 13.3 Å². The molecule has 0 fully saturated rings. The van der Waals surface area contributed by atoms with Crippen LogP contribution in [0.4, 0.5) is 10.1 Å². The predicted octanol–water partition coefficient (Wildman–Crippen LogP) is 1.71. The molecule has 1 aromatic heterocycles. The number of nitrogens with zero attached hydrogens (tertiary/aromatic N) is 2. The van der Waals surface area contributed by atoms with Crippen molar-refractivity contribution < 1.29 is 9.18 Å². The normalized spacial score (nSPS) is 11.5. The summed E-state index contributed by atoms with van der Waals surface area (Å²) in [6.45, 7) is 1.72. The van der Waals surface area contributed by atoms with Gasteiger partial charge in [-0.1, -0.05) is 6.92 Å². The van der Waals surface area contributed by atoms with Crippen LogP contribution in [0.15, 0.2) is 18.5 Å². The number of amides is 1. The first-order chi connectivity index (χ1) is 7.19. The third-order valence-electron chi connectivity index (χ3n) is 1.91. The van der Waals surface area contributed by atoms with Gasteiger partial charge in [-0.05, 0) is 12.5 Å². The summed E-state index contributed by atoms with van der Waals surface area (Å²) in [7, 11) is 0. The Hall–Kier alpha value is -1.96. The van der Waals surface area contributed by atoms with E-state index in [0.29, 0.717) is 6.42 Å². The second kappa shape index (κ2) is 5.05. The van der Waals surface area contributed by atoms with Gasteiger partial charge in [0.05, 0.1) is 18.0 Å². The lowest BCUT2D eigenvalue weighted by Crippen LogP contribution is -2.21. The largest absolute Gasteiger partial charge is 0.322 e. The molecule has 0 spiro atoms. The summed E-state index contributed by atoms with van der Waals surface area (Å²) < 4.78 is 13.1. The highest BCUT2D eigenvalue weighted by Crippen LogP contribution is 2.13. The SMILES string of the molecule is CCC(C#N)C(=O)Nc1ccncc1F. The van der Waals surface area contributed by atoms with E-state index >= 15 is 0 Å². The number of rotatable bonds is 3. The van der Waals surface area contributed by atoms with E-state index in [1.54, 1.807) is 6.92 Å². The van der Waals surface area contributed by atoms with Crippen LogP contribution in [-0.2, 0) is 4.79 Å². The van der Waals surface area contributed by atoms with Crippen molar-refractivity contribution in [2.45, 2.75) is 13.3 Å². The van der Waals surface area contributed by atoms with Crippen LogP contribution < -0.4 is 5.32 Å². The van der Waals surface area contributed by atoms with Crippen molar-refractivity contribution in [2.75, 3.05) is 5.32 Å². The maximum Gasteiger partial charge on any atom is 0.241 e. The van der Waals surface area contributed by atoms with E-state index in [1.807, 2.05) is 6.07 Å². The number of hydrogen-bond donors (Lipinski definition) is 1. The van der Waals surface area contributed by atoms with Gasteiger partial charge < -0.3 is 5.32 Å². The number of aromatic nitrogens is 1. The van der Waals surface area contributed by atoms with Crippen LogP contribution in [-0.4, -0.2) is 10.9 Å². The number of anilines is 1. The number of nitriles is 1. The Bertz CT molecular complexity index is 400. The van der Waals surface area contributed by atoms with Crippen LogP contribution in [0.5, 0.6) is 0 Å². The van der Waals surface area contributed by atoms with Gasteiger partial charge in [0.2, 0.25) is 5.91 Å². The molecule has 0 aliphatic rings. The molecule has 0 aliphatic carbocycles. The van der Waals surface area contributed by atoms with E-state index < -0.39 is 17.6 Å². The molecular weight excluding hydrogens is 197 g/mol. The fourth-order valence-corrected chi connectivity index (χ4v) is 1.03. The van der Waals surface area contributed by atoms with E-state index in [0.717, 1.165) is 6.20 Å². The van der Waals surface area contributed by atoms with E-state index in [4.69, 9.17) is 5.26 Å². The van der Waals surface area contributed by atoms with Gasteiger partial charge in [-0.25, -0.2) is 4.39 Å². The van der Waals surface area contributed by atoms with Crippen molar-refractivity contribution in [3.63, 3.8) is 0 Å². The zero-order valence-corrected chi connectivity index (χ0v) is 8.20. The van der Waals surface area contributed by atoms with Gasteiger partial charge in [-0.3, -0.25) is 9.78 Å². The molecule has 1 aromatic rings. The Morgan fingerprint density at radius 2 is 2.53 bits per heavy atom. The number of pyridine rings is 1. The first-order valence-electron chi connectivity index (χ1n) is 4.49. The van der Waals surface area contributed by atoms with Crippen molar-refractivity contribution in [2.24, 2.45) is 5.92 Å². The smallest absolute Gasteiger partial charge is 0.241 e. The number of carbonyl (C=O) groups excluding carboxylic acids is 1. The lowest BCUT2D eigenvalue weighted by molar-refractivity contribution is -0.118. The fraction of sp³-hybridized carbons (Fsp3) is 0.300. The van der Waals surface area contributed by atoms with E-state index in [2.05, 4.69) is 10.3 Å². The number of nitrogens with one attached hydrogen (secondary N) is 1. The summed E-state index contributed by atoms with van der Waals surface area (Å²) in [6, 6.07) is 3.19. The average molecular weight is 207 g/mol. The second-order valence-corrected chi connectivity index (χ2v) is 2.93. The van der Waals surface area contributed by atoms with Crippen LogP contribution in [0.3, 0.4) is 0 Å². The fourth-order valence-electron chi connectivity index (χ4n) is 1.03. The van der Waals surface area contributed by atoms with Gasteiger partial charge in [0.25, 0.3) is 0 Å². The lowest BCUT2D eigenvalue weighted by Gasteiger charge is -2.08. The van der Waals surface area contributed by atoms with Crippen LogP contribution >= 0.6 is 0 Å². The summed E-state index contributed by atoms with van der Waals surface area (Å²) in [6.07, 6.45) is 2.77. The molecule has 1 rings (SSSR count). The van der Waals surface area contributed by atoms with Crippen LogP contribution in [0, 0.1) is 23.1 Å². The Kier molecular flexibility index (Phi) is 3.75. The van der Waals surface area contributed by atoms with Crippen LogP contribution in [0.2, 0.25) is 0 Å². The van der Waals surface area contributed by atoms with E-state index in [1.165, 1.54) is 12.3 Å². The van der Waals surface area contributed by atoms with Gasteiger partial charge in [0, 0.05) is 6.20 Å². The van der Waals surface area contributed by atoms with Crippen molar-refractivity contribution in [3.8, 4) is 6.07 Å². The van der Waals surface area contributed by atoms with Gasteiger partial charge >= 0.3 is 0 Å². The standard InChI is InChI=1S/C10H10FN3O/c1-2-7(5-12)10(15)14-9-3-4-13-6-8(9)11/h3-4,6-7H,2H2,1H3,(H,13,14,15). The number of carbonyl (C=O) groups is 1. The highest BCUT2D eigenvalue weighted by molar-refractivity contribution is 5.94. The molecule has 0 radical (unpaired) electrons. The molecule has 15 heavy (non-hydrogen) atoms. The molecule has 0 aromatic carbocycles. The first kappa shape index (κ1) is 11.1. The predicted molar refractivity (Wildman–Crippen MR) is 52.2 cm³/mol. The third-order valence-corrected chi connectivity index (χ3v) is 1.91. The minimum absolute atomic E-state index is 0.0451. The summed E-state index contributed by atoms with van der Waals surface area (Å²) in [5.74, 6) is -1.86. The number of hydrogen-bond acceptors (Lipinski definition) is 3. The summed E-state index contributed by atoms with van der Waals surface area (Å²) in [4.78, 5) is 15.0. The minimum atomic E-state index is -0.752. The molecule has 0 bridgehead atoms. The molecule has 0 saturated heterocycles. The Morgan fingerprint density at radius 1 is 1.80 bits per heavy atom. The Balaban J connectivity index is 2.75. The molecule has 4 nitrogen and oxygen atoms in total. The number of halogens is 1. The molecular formula is C10H10FN3O. The molecule has 0 aliphatic heterocycles. The highest BCUT2D eigenvalue weighted by atomic mass is 19.1. The average Bonchev–Trinajstić information content (AvgIpc) is 2.23. The van der Waals surface area contributed by atoms with Crippen LogP contribution in [0.25, 0.3) is 0 Å². The third kappa shape index (κ3) is 2.74. The molecule has 1 unspecified atom stereocenters. The van der Waals surface area contributed by atoms with E-state index in [-0.39, 0.29) is 5.69 Å². The van der Waals surface area contributed by atoms with Crippen molar-refractivity contribution in [1.82, 2.24) is 4.98 Å². The summed E-state index contributed by atoms with van der Waals surface area (Å²) in [5.41, 5.74) is 0.0451. The monoisotopic (exact) mass is 207 g/mol. The Labute approximate surface area is 86.7 Å². The summed E-state index contributed by atoms with van der Waals surface area (Å²) in [5, 5.41) is 11.0. The zero-order valence-electron chi connectivity index (χ0n) is 8.20. The van der Waals surface area contributed by atoms with Gasteiger partial charge in [0.1, 0.15) is 5.92 Å². The molecule has 0 saturated carbocycles.